The summed E-state index contributed by atoms with van der Waals surface area (Å²) in [6, 6.07) is 6.59. The van der Waals surface area contributed by atoms with Crippen molar-refractivity contribution in [3.63, 3.8) is 0 Å². The molecule has 0 spiro atoms. The van der Waals surface area contributed by atoms with E-state index in [-0.39, 0.29) is 17.6 Å². The summed E-state index contributed by atoms with van der Waals surface area (Å²) in [5.41, 5.74) is 5.86. The molecule has 0 heterocycles. The van der Waals surface area contributed by atoms with Gasteiger partial charge in [0.15, 0.2) is 0 Å². The second kappa shape index (κ2) is 4.03. The minimum atomic E-state index is -0.226. The smallest absolute Gasteiger partial charge is 0.126 e. The number of rotatable bonds is 3. The lowest BCUT2D eigenvalue weighted by Crippen LogP contribution is -2.13. The van der Waals surface area contributed by atoms with Crippen LogP contribution in [0.1, 0.15) is 24.8 Å². The number of halogens is 1. The van der Waals surface area contributed by atoms with Crippen LogP contribution in [0.15, 0.2) is 24.3 Å². The molecule has 0 radical (unpaired) electrons. The monoisotopic (exact) mass is 180 g/mol. The van der Waals surface area contributed by atoms with E-state index in [9.17, 15) is 4.39 Å². The summed E-state index contributed by atoms with van der Waals surface area (Å²) in [6.45, 7) is 1.86. The highest BCUT2D eigenvalue weighted by Crippen LogP contribution is 2.21. The molecule has 1 aromatic rings. The highest BCUT2D eigenvalue weighted by Gasteiger charge is 2.10. The third-order valence-corrected chi connectivity index (χ3v) is 1.96. The second-order valence-electron chi connectivity index (χ2n) is 3.15. The molecule has 1 atom stereocenters. The van der Waals surface area contributed by atoms with Crippen molar-refractivity contribution in [2.24, 2.45) is 5.73 Å². The Morgan fingerprint density at radius 3 is 2.69 bits per heavy atom. The highest BCUT2D eigenvalue weighted by atomic mass is 19.1. The van der Waals surface area contributed by atoms with Crippen LogP contribution in [0.4, 0.5) is 4.39 Å². The molecular formula is C10H13FN2. The van der Waals surface area contributed by atoms with Crippen LogP contribution in [0.5, 0.6) is 0 Å². The van der Waals surface area contributed by atoms with Gasteiger partial charge in [0.1, 0.15) is 5.82 Å². The fourth-order valence-electron chi connectivity index (χ4n) is 1.31. The number of nitrogens with one attached hydrogen (secondary N) is 1. The molecule has 0 aliphatic carbocycles. The van der Waals surface area contributed by atoms with E-state index in [4.69, 9.17) is 11.1 Å². The van der Waals surface area contributed by atoms with E-state index >= 15 is 0 Å². The lowest BCUT2D eigenvalue weighted by Gasteiger charge is -2.10. The van der Waals surface area contributed by atoms with Gasteiger partial charge in [-0.15, -0.1) is 0 Å². The van der Waals surface area contributed by atoms with E-state index in [2.05, 4.69) is 0 Å². The molecule has 1 unspecified atom stereocenters. The van der Waals surface area contributed by atoms with E-state index in [1.165, 1.54) is 6.07 Å². The quantitative estimate of drug-likeness (QED) is 0.544. The Bertz CT molecular complexity index is 310. The number of amidine groups is 1. The molecule has 0 amide bonds. The molecule has 0 aromatic heterocycles. The highest BCUT2D eigenvalue weighted by molar-refractivity contribution is 5.77. The van der Waals surface area contributed by atoms with Crippen molar-refractivity contribution in [3.8, 4) is 0 Å². The van der Waals surface area contributed by atoms with Crippen LogP contribution < -0.4 is 5.73 Å². The summed E-state index contributed by atoms with van der Waals surface area (Å²) < 4.78 is 13.2. The third kappa shape index (κ3) is 2.54. The molecule has 0 aliphatic rings. The molecule has 0 bridgehead atoms. The van der Waals surface area contributed by atoms with Crippen LogP contribution in [-0.4, -0.2) is 5.84 Å². The van der Waals surface area contributed by atoms with Crippen molar-refractivity contribution < 1.29 is 4.39 Å². The first-order valence-electron chi connectivity index (χ1n) is 4.18. The van der Waals surface area contributed by atoms with Gasteiger partial charge in [-0.05, 0) is 17.5 Å². The maximum atomic E-state index is 13.2. The predicted molar refractivity (Wildman–Crippen MR) is 51.3 cm³/mol. The summed E-state index contributed by atoms with van der Waals surface area (Å²) in [4.78, 5) is 0. The van der Waals surface area contributed by atoms with Crippen molar-refractivity contribution in [1.82, 2.24) is 0 Å². The standard InChI is InChI=1S/C10H13FN2/c1-7(6-10(12)13)8-4-2-3-5-9(8)11/h2-5,7H,6H2,1H3,(H3,12,13). The van der Waals surface area contributed by atoms with Gasteiger partial charge in [0.2, 0.25) is 0 Å². The van der Waals surface area contributed by atoms with Gasteiger partial charge in [-0.2, -0.15) is 0 Å². The van der Waals surface area contributed by atoms with Crippen LogP contribution in [0.25, 0.3) is 0 Å². The molecule has 3 N–H and O–H groups in total. The van der Waals surface area contributed by atoms with Crippen LogP contribution in [0.3, 0.4) is 0 Å². The van der Waals surface area contributed by atoms with E-state index in [1.807, 2.05) is 6.92 Å². The largest absolute Gasteiger partial charge is 0.388 e. The summed E-state index contributed by atoms with van der Waals surface area (Å²) in [6.07, 6.45) is 0.404. The van der Waals surface area contributed by atoms with E-state index in [0.29, 0.717) is 12.0 Å². The van der Waals surface area contributed by atoms with Gasteiger partial charge in [0, 0.05) is 6.42 Å². The minimum Gasteiger partial charge on any atom is -0.388 e. The molecule has 0 fully saturated rings. The van der Waals surface area contributed by atoms with Crippen LogP contribution in [-0.2, 0) is 0 Å². The fraction of sp³-hybridized carbons (Fsp3) is 0.300. The van der Waals surface area contributed by atoms with Gasteiger partial charge >= 0.3 is 0 Å². The first-order valence-corrected chi connectivity index (χ1v) is 4.18. The minimum absolute atomic E-state index is 0.0290. The Morgan fingerprint density at radius 1 is 1.54 bits per heavy atom. The average molecular weight is 180 g/mol. The Morgan fingerprint density at radius 2 is 2.15 bits per heavy atom. The molecular weight excluding hydrogens is 167 g/mol. The molecule has 70 valence electrons. The van der Waals surface area contributed by atoms with Crippen LogP contribution in [0, 0.1) is 11.2 Å². The first kappa shape index (κ1) is 9.71. The molecule has 3 heteroatoms. The zero-order valence-electron chi connectivity index (χ0n) is 7.55. The van der Waals surface area contributed by atoms with Crippen molar-refractivity contribution in [3.05, 3.63) is 35.6 Å². The molecule has 13 heavy (non-hydrogen) atoms. The summed E-state index contributed by atoms with van der Waals surface area (Å²) in [7, 11) is 0. The van der Waals surface area contributed by atoms with Gasteiger partial charge in [-0.1, -0.05) is 25.1 Å². The molecule has 0 saturated heterocycles. The lowest BCUT2D eigenvalue weighted by molar-refractivity contribution is 0.592. The summed E-state index contributed by atoms with van der Waals surface area (Å²) >= 11 is 0. The van der Waals surface area contributed by atoms with Gasteiger partial charge in [0.05, 0.1) is 5.84 Å². The van der Waals surface area contributed by atoms with Crippen molar-refractivity contribution in [2.45, 2.75) is 19.3 Å². The Balaban J connectivity index is 2.82. The van der Waals surface area contributed by atoms with E-state index in [1.54, 1.807) is 18.2 Å². The van der Waals surface area contributed by atoms with Gasteiger partial charge in [-0.25, -0.2) is 4.39 Å². The zero-order valence-corrected chi connectivity index (χ0v) is 7.55. The SMILES string of the molecule is CC(CC(=N)N)c1ccccc1F. The number of hydrogen-bond donors (Lipinski definition) is 2. The number of nitrogens with two attached hydrogens (primary N) is 1. The predicted octanol–water partition coefficient (Wildman–Crippen LogP) is 2.26. The molecule has 0 aliphatic heterocycles. The third-order valence-electron chi connectivity index (χ3n) is 1.96. The number of hydrogen-bond acceptors (Lipinski definition) is 1. The maximum absolute atomic E-state index is 13.2. The van der Waals surface area contributed by atoms with Crippen molar-refractivity contribution in [2.75, 3.05) is 0 Å². The molecule has 1 rings (SSSR count). The number of benzene rings is 1. The molecule has 1 aromatic carbocycles. The molecule has 0 saturated carbocycles. The second-order valence-corrected chi connectivity index (χ2v) is 3.15. The Kier molecular flexibility index (Phi) is 3.01. The van der Waals surface area contributed by atoms with Gasteiger partial charge in [0.25, 0.3) is 0 Å². The van der Waals surface area contributed by atoms with Crippen LogP contribution in [0.2, 0.25) is 0 Å². The Labute approximate surface area is 77.1 Å². The Hall–Kier alpha value is -1.38. The summed E-state index contributed by atoms with van der Waals surface area (Å²) in [5.74, 6) is -0.161. The summed E-state index contributed by atoms with van der Waals surface area (Å²) in [5, 5.41) is 7.10. The van der Waals surface area contributed by atoms with E-state index < -0.39 is 0 Å². The molecule has 2 nitrogen and oxygen atoms in total. The van der Waals surface area contributed by atoms with E-state index in [0.717, 1.165) is 0 Å². The first-order chi connectivity index (χ1) is 6.11. The fourth-order valence-corrected chi connectivity index (χ4v) is 1.31. The maximum Gasteiger partial charge on any atom is 0.126 e. The van der Waals surface area contributed by atoms with Crippen LogP contribution >= 0.6 is 0 Å². The zero-order chi connectivity index (χ0) is 9.84. The van der Waals surface area contributed by atoms with Crippen molar-refractivity contribution >= 4 is 5.84 Å². The van der Waals surface area contributed by atoms with Gasteiger partial charge in [-0.3, -0.25) is 5.41 Å². The topological polar surface area (TPSA) is 49.9 Å². The van der Waals surface area contributed by atoms with Gasteiger partial charge < -0.3 is 5.73 Å². The average Bonchev–Trinajstić information content (AvgIpc) is 2.03. The van der Waals surface area contributed by atoms with Crippen molar-refractivity contribution in [1.29, 1.82) is 5.41 Å². The normalized spacial score (nSPS) is 12.5. The lowest BCUT2D eigenvalue weighted by atomic mass is 9.97.